The Morgan fingerprint density at radius 3 is 2.73 bits per heavy atom. The van der Waals surface area contributed by atoms with Crippen molar-refractivity contribution in [3.8, 4) is 5.88 Å². The summed E-state index contributed by atoms with van der Waals surface area (Å²) in [6.45, 7) is 4.91. The van der Waals surface area contributed by atoms with Crippen LogP contribution in [0.4, 0.5) is 0 Å². The molecule has 9 heteroatoms. The first-order valence-electron chi connectivity index (χ1n) is 8.86. The summed E-state index contributed by atoms with van der Waals surface area (Å²) in [7, 11) is 0. The molecule has 2 aliphatic rings. The fourth-order valence-corrected chi connectivity index (χ4v) is 5.20. The largest absolute Gasteiger partial charge is 0.492 e. The van der Waals surface area contributed by atoms with E-state index >= 15 is 0 Å². The highest BCUT2D eigenvalue weighted by Crippen LogP contribution is 2.36. The molecule has 0 aromatic carbocycles. The molecular formula is C17H21N4O4S+. The van der Waals surface area contributed by atoms with Crippen molar-refractivity contribution in [3.05, 3.63) is 34.9 Å². The Hall–Kier alpha value is -1.94. The van der Waals surface area contributed by atoms with Crippen LogP contribution in [0.3, 0.4) is 0 Å². The van der Waals surface area contributed by atoms with Gasteiger partial charge in [-0.25, -0.2) is 4.98 Å². The molecule has 1 spiro atoms. The van der Waals surface area contributed by atoms with Crippen molar-refractivity contribution in [2.45, 2.75) is 31.6 Å². The van der Waals surface area contributed by atoms with Gasteiger partial charge in [0.05, 0.1) is 45.4 Å². The molecule has 138 valence electrons. The zero-order valence-electron chi connectivity index (χ0n) is 14.5. The molecule has 1 atom stereocenters. The number of aromatic nitrogens is 3. The van der Waals surface area contributed by atoms with E-state index in [0.717, 1.165) is 36.6 Å². The fraction of sp³-hybridized carbons (Fsp3) is 0.529. The van der Waals surface area contributed by atoms with Crippen LogP contribution >= 0.6 is 11.3 Å². The van der Waals surface area contributed by atoms with E-state index < -0.39 is 5.79 Å². The Labute approximate surface area is 154 Å². The lowest BCUT2D eigenvalue weighted by atomic mass is 10.0. The molecule has 2 fully saturated rings. The van der Waals surface area contributed by atoms with Crippen molar-refractivity contribution in [2.24, 2.45) is 0 Å². The van der Waals surface area contributed by atoms with Crippen LogP contribution in [0.15, 0.2) is 22.8 Å². The molecule has 2 N–H and O–H groups in total. The van der Waals surface area contributed by atoms with Gasteiger partial charge in [-0.3, -0.25) is 0 Å². The number of likely N-dealkylation sites (tertiary alicyclic amines) is 1. The summed E-state index contributed by atoms with van der Waals surface area (Å²) in [6.07, 6.45) is 3.34. The number of nitrogens with one attached hydrogen (secondary N) is 1. The first-order chi connectivity index (χ1) is 12.7. The highest BCUT2D eigenvalue weighted by molar-refractivity contribution is 7.17. The summed E-state index contributed by atoms with van der Waals surface area (Å²) >= 11 is 1.46. The van der Waals surface area contributed by atoms with Gasteiger partial charge in [0, 0.05) is 0 Å². The number of quaternary nitrogens is 1. The van der Waals surface area contributed by atoms with E-state index in [-0.39, 0.29) is 11.9 Å². The van der Waals surface area contributed by atoms with Gasteiger partial charge in [-0.1, -0.05) is 11.3 Å². The molecule has 3 aromatic heterocycles. The average molecular weight is 377 g/mol. The van der Waals surface area contributed by atoms with Crippen molar-refractivity contribution in [3.63, 3.8) is 0 Å². The molecule has 0 aliphatic carbocycles. The Kier molecular flexibility index (Phi) is 3.78. The molecule has 0 unspecified atom stereocenters. The predicted octanol–water partition coefficient (Wildman–Crippen LogP) is 0.909. The van der Waals surface area contributed by atoms with Crippen molar-refractivity contribution < 1.29 is 23.9 Å². The minimum Gasteiger partial charge on any atom is -0.492 e. The van der Waals surface area contributed by atoms with Crippen LogP contribution in [-0.2, 0) is 9.47 Å². The van der Waals surface area contributed by atoms with Gasteiger partial charge in [-0.05, 0) is 19.1 Å². The monoisotopic (exact) mass is 377 g/mol. The topological polar surface area (TPSA) is 86.5 Å². The lowest BCUT2D eigenvalue weighted by molar-refractivity contribution is -0.934. The number of aromatic hydroxyl groups is 1. The zero-order valence-corrected chi connectivity index (χ0v) is 15.3. The predicted molar refractivity (Wildman–Crippen MR) is 92.4 cm³/mol. The molecule has 5 rings (SSSR count). The summed E-state index contributed by atoms with van der Waals surface area (Å²) in [5.74, 6) is 1.21. The fourth-order valence-electron chi connectivity index (χ4n) is 4.03. The van der Waals surface area contributed by atoms with E-state index in [2.05, 4.69) is 10.1 Å². The molecule has 5 heterocycles. The normalized spacial score (nSPS) is 21.7. The van der Waals surface area contributed by atoms with Crippen molar-refractivity contribution in [1.29, 1.82) is 0 Å². The average Bonchev–Trinajstić information content (AvgIpc) is 3.40. The molecule has 2 aliphatic heterocycles. The summed E-state index contributed by atoms with van der Waals surface area (Å²) in [4.78, 5) is 7.24. The number of nitrogens with zero attached hydrogens (tertiary/aromatic N) is 3. The molecule has 0 amide bonds. The van der Waals surface area contributed by atoms with Crippen molar-refractivity contribution >= 4 is 16.3 Å². The maximum atomic E-state index is 10.8. The summed E-state index contributed by atoms with van der Waals surface area (Å²) in [5, 5.41) is 15.1. The van der Waals surface area contributed by atoms with Crippen LogP contribution in [0.1, 0.15) is 35.3 Å². The number of ether oxygens (including phenoxy) is 2. The van der Waals surface area contributed by atoms with E-state index in [4.69, 9.17) is 13.9 Å². The van der Waals surface area contributed by atoms with Gasteiger partial charge in [0.15, 0.2) is 17.6 Å². The van der Waals surface area contributed by atoms with Gasteiger partial charge in [0.25, 0.3) is 0 Å². The van der Waals surface area contributed by atoms with Gasteiger partial charge >= 0.3 is 0 Å². The highest BCUT2D eigenvalue weighted by atomic mass is 32.1. The van der Waals surface area contributed by atoms with Crippen LogP contribution in [-0.4, -0.2) is 51.8 Å². The SMILES string of the molecule is Cc1nc2sc([C@H](c3ccco3)[NH+]3CCC4(CC3)OCCO4)c(O)n2n1. The number of thiazole rings is 1. The molecule has 2 saturated heterocycles. The van der Waals surface area contributed by atoms with Crippen molar-refractivity contribution in [2.75, 3.05) is 26.3 Å². The molecule has 0 radical (unpaired) electrons. The first kappa shape index (κ1) is 16.2. The lowest BCUT2D eigenvalue weighted by Crippen LogP contribution is -3.14. The van der Waals surface area contributed by atoms with Gasteiger partial charge in [-0.2, -0.15) is 4.52 Å². The number of aryl methyl sites for hydroxylation is 1. The second-order valence-corrected chi connectivity index (χ2v) is 7.87. The number of piperidine rings is 1. The third-order valence-corrected chi connectivity index (χ3v) is 6.36. The molecular weight excluding hydrogens is 356 g/mol. The minimum atomic E-state index is -0.415. The Bertz CT molecular complexity index is 903. The summed E-state index contributed by atoms with van der Waals surface area (Å²) in [6, 6.07) is 3.75. The first-order valence-corrected chi connectivity index (χ1v) is 9.68. The number of hydrogen-bond acceptors (Lipinski definition) is 7. The van der Waals surface area contributed by atoms with Crippen LogP contribution in [0.25, 0.3) is 4.96 Å². The molecule has 0 saturated carbocycles. The number of rotatable bonds is 3. The maximum Gasteiger partial charge on any atom is 0.235 e. The summed E-state index contributed by atoms with van der Waals surface area (Å²) in [5.41, 5.74) is 0. The van der Waals surface area contributed by atoms with Crippen LogP contribution in [0.5, 0.6) is 5.88 Å². The van der Waals surface area contributed by atoms with Crippen molar-refractivity contribution in [1.82, 2.24) is 14.6 Å². The smallest absolute Gasteiger partial charge is 0.235 e. The molecule has 3 aromatic rings. The molecule has 0 bridgehead atoms. The van der Waals surface area contributed by atoms with Gasteiger partial charge in [-0.15, -0.1) is 5.10 Å². The second-order valence-electron chi connectivity index (χ2n) is 6.86. The van der Waals surface area contributed by atoms with E-state index in [1.807, 2.05) is 19.1 Å². The maximum absolute atomic E-state index is 10.8. The second kappa shape index (κ2) is 6.05. The van der Waals surface area contributed by atoms with E-state index in [0.29, 0.717) is 24.0 Å². The third kappa shape index (κ3) is 2.54. The van der Waals surface area contributed by atoms with Gasteiger partial charge in [0.1, 0.15) is 10.7 Å². The number of furan rings is 1. The molecule has 26 heavy (non-hydrogen) atoms. The van der Waals surface area contributed by atoms with E-state index in [1.54, 1.807) is 6.26 Å². The van der Waals surface area contributed by atoms with Gasteiger partial charge in [0.2, 0.25) is 10.8 Å². The number of hydrogen-bond donors (Lipinski definition) is 2. The number of fused-ring (bicyclic) bond motifs is 1. The van der Waals surface area contributed by atoms with E-state index in [9.17, 15) is 5.11 Å². The minimum absolute atomic E-state index is 0.0995. The quantitative estimate of drug-likeness (QED) is 0.706. The zero-order chi connectivity index (χ0) is 17.7. The standard InChI is InChI=1S/C17H20N4O4S/c1-11-18-16-21(19-11)15(22)14(26-16)13(12-3-2-8-23-12)20-6-4-17(5-7-20)24-9-10-25-17/h2-3,8,13,22H,4-7,9-10H2,1H3/p+1/t13-/m0/s1. The molecule has 8 nitrogen and oxygen atoms in total. The highest BCUT2D eigenvalue weighted by Gasteiger charge is 2.45. The third-order valence-electron chi connectivity index (χ3n) is 5.27. The lowest BCUT2D eigenvalue weighted by Gasteiger charge is -2.37. The Balaban J connectivity index is 1.50. The Morgan fingerprint density at radius 1 is 1.31 bits per heavy atom. The van der Waals surface area contributed by atoms with Crippen LogP contribution in [0.2, 0.25) is 0 Å². The van der Waals surface area contributed by atoms with E-state index in [1.165, 1.54) is 20.8 Å². The van der Waals surface area contributed by atoms with Gasteiger partial charge < -0.3 is 23.9 Å². The van der Waals surface area contributed by atoms with Crippen LogP contribution < -0.4 is 4.90 Å². The summed E-state index contributed by atoms with van der Waals surface area (Å²) < 4.78 is 18.9. The Morgan fingerprint density at radius 2 is 2.08 bits per heavy atom. The van der Waals surface area contributed by atoms with Crippen LogP contribution in [0, 0.1) is 6.92 Å².